The number of carbonyl (C=O) groups excluding carboxylic acids is 2. The molecule has 4 nitrogen and oxygen atoms in total. The van der Waals surface area contributed by atoms with Gasteiger partial charge in [-0.25, -0.2) is 0 Å². The van der Waals surface area contributed by atoms with Crippen LogP contribution < -0.4 is 5.32 Å². The van der Waals surface area contributed by atoms with Crippen LogP contribution in [0, 0.1) is 5.92 Å². The van der Waals surface area contributed by atoms with E-state index in [9.17, 15) is 9.59 Å². The van der Waals surface area contributed by atoms with Crippen LogP contribution in [0.1, 0.15) is 38.7 Å². The monoisotopic (exact) mass is 302 g/mol. The molecule has 2 rings (SSSR count). The second kappa shape index (κ2) is 7.97. The number of nitrogens with zero attached hydrogens (tertiary/aromatic N) is 1. The van der Waals surface area contributed by atoms with Crippen LogP contribution in [-0.2, 0) is 16.0 Å². The van der Waals surface area contributed by atoms with Gasteiger partial charge in [-0.1, -0.05) is 37.3 Å². The number of rotatable bonds is 4. The van der Waals surface area contributed by atoms with Crippen LogP contribution in [0.3, 0.4) is 0 Å². The number of benzene rings is 1. The Morgan fingerprint density at radius 2 is 1.86 bits per heavy atom. The summed E-state index contributed by atoms with van der Waals surface area (Å²) < 4.78 is 0. The van der Waals surface area contributed by atoms with E-state index in [-0.39, 0.29) is 11.9 Å². The molecule has 1 atom stereocenters. The zero-order chi connectivity index (χ0) is 15.9. The molecular weight excluding hydrogens is 276 g/mol. The average Bonchev–Trinajstić information content (AvgIpc) is 2.55. The third kappa shape index (κ3) is 4.58. The first-order chi connectivity index (χ1) is 10.6. The van der Waals surface area contributed by atoms with Crippen molar-refractivity contribution in [1.82, 2.24) is 10.2 Å². The van der Waals surface area contributed by atoms with Gasteiger partial charge in [0.25, 0.3) is 0 Å². The molecule has 0 saturated carbocycles. The summed E-state index contributed by atoms with van der Waals surface area (Å²) in [7, 11) is 0. The van der Waals surface area contributed by atoms with Gasteiger partial charge in [-0.05, 0) is 44.1 Å². The second-order valence-corrected chi connectivity index (χ2v) is 6.21. The fraction of sp³-hybridized carbons (Fsp3) is 0.556. The summed E-state index contributed by atoms with van der Waals surface area (Å²) in [6.45, 7) is 5.27. The predicted octanol–water partition coefficient (Wildman–Crippen LogP) is 2.38. The Balaban J connectivity index is 1.79. The van der Waals surface area contributed by atoms with E-state index in [4.69, 9.17) is 0 Å². The SMILES string of the molecule is CCC(C)NC(=O)C(=O)N1CCC(Cc2ccccc2)CC1. The van der Waals surface area contributed by atoms with Crippen molar-refractivity contribution in [2.45, 2.75) is 45.6 Å². The first-order valence-corrected chi connectivity index (χ1v) is 8.23. The highest BCUT2D eigenvalue weighted by Crippen LogP contribution is 2.21. The number of hydrogen-bond donors (Lipinski definition) is 1. The Bertz CT molecular complexity index is 493. The molecule has 1 heterocycles. The van der Waals surface area contributed by atoms with Gasteiger partial charge in [0, 0.05) is 19.1 Å². The summed E-state index contributed by atoms with van der Waals surface area (Å²) >= 11 is 0. The minimum Gasteiger partial charge on any atom is -0.345 e. The molecule has 1 unspecified atom stereocenters. The first-order valence-electron chi connectivity index (χ1n) is 8.23. The molecule has 22 heavy (non-hydrogen) atoms. The van der Waals surface area contributed by atoms with Crippen molar-refractivity contribution in [3.63, 3.8) is 0 Å². The maximum Gasteiger partial charge on any atom is 0.311 e. The van der Waals surface area contributed by atoms with Crippen molar-refractivity contribution in [3.05, 3.63) is 35.9 Å². The Labute approximate surface area is 132 Å². The Kier molecular flexibility index (Phi) is 5.99. The molecule has 0 spiro atoms. The smallest absolute Gasteiger partial charge is 0.311 e. The normalized spacial score (nSPS) is 17.1. The van der Waals surface area contributed by atoms with Gasteiger partial charge in [-0.2, -0.15) is 0 Å². The molecule has 1 N–H and O–H groups in total. The van der Waals surface area contributed by atoms with Crippen LogP contribution in [0.15, 0.2) is 30.3 Å². The molecule has 1 aromatic carbocycles. The third-order valence-corrected chi connectivity index (χ3v) is 4.45. The van der Waals surface area contributed by atoms with E-state index in [1.165, 1.54) is 5.56 Å². The topological polar surface area (TPSA) is 49.4 Å². The molecule has 0 aromatic heterocycles. The van der Waals surface area contributed by atoms with Crippen LogP contribution in [-0.4, -0.2) is 35.8 Å². The maximum absolute atomic E-state index is 12.1. The van der Waals surface area contributed by atoms with Crippen LogP contribution >= 0.6 is 0 Å². The number of piperidine rings is 1. The molecule has 1 saturated heterocycles. The van der Waals surface area contributed by atoms with Crippen LogP contribution in [0.25, 0.3) is 0 Å². The van der Waals surface area contributed by atoms with Gasteiger partial charge < -0.3 is 10.2 Å². The van der Waals surface area contributed by atoms with E-state index in [1.54, 1.807) is 4.90 Å². The van der Waals surface area contributed by atoms with Crippen molar-refractivity contribution in [2.75, 3.05) is 13.1 Å². The quantitative estimate of drug-likeness (QED) is 0.868. The van der Waals surface area contributed by atoms with Crippen molar-refractivity contribution < 1.29 is 9.59 Å². The second-order valence-electron chi connectivity index (χ2n) is 6.21. The fourth-order valence-electron chi connectivity index (χ4n) is 2.82. The molecule has 4 heteroatoms. The molecule has 120 valence electrons. The van der Waals surface area contributed by atoms with E-state index in [1.807, 2.05) is 19.9 Å². The van der Waals surface area contributed by atoms with E-state index >= 15 is 0 Å². The summed E-state index contributed by atoms with van der Waals surface area (Å²) in [4.78, 5) is 25.7. The fourth-order valence-corrected chi connectivity index (χ4v) is 2.82. The lowest BCUT2D eigenvalue weighted by atomic mass is 9.90. The maximum atomic E-state index is 12.1. The molecular formula is C18H26N2O2. The average molecular weight is 302 g/mol. The Morgan fingerprint density at radius 1 is 1.23 bits per heavy atom. The standard InChI is InChI=1S/C18H26N2O2/c1-3-14(2)19-17(21)18(22)20-11-9-16(10-12-20)13-15-7-5-4-6-8-15/h4-8,14,16H,3,9-13H2,1-2H3,(H,19,21). The first kappa shape index (κ1) is 16.5. The lowest BCUT2D eigenvalue weighted by molar-refractivity contribution is -0.147. The molecule has 0 bridgehead atoms. The molecule has 0 radical (unpaired) electrons. The van der Waals surface area contributed by atoms with E-state index in [2.05, 4.69) is 29.6 Å². The van der Waals surface area contributed by atoms with Gasteiger partial charge in [0.05, 0.1) is 0 Å². The molecule has 2 amide bonds. The number of hydrogen-bond acceptors (Lipinski definition) is 2. The Hall–Kier alpha value is -1.84. The highest BCUT2D eigenvalue weighted by Gasteiger charge is 2.27. The molecule has 1 aliphatic rings. The van der Waals surface area contributed by atoms with E-state index < -0.39 is 5.91 Å². The summed E-state index contributed by atoms with van der Waals surface area (Å²) in [6.07, 6.45) is 3.83. The van der Waals surface area contributed by atoms with Crippen molar-refractivity contribution in [2.24, 2.45) is 5.92 Å². The predicted molar refractivity (Wildman–Crippen MR) is 87.3 cm³/mol. The Morgan fingerprint density at radius 3 is 2.45 bits per heavy atom. The lowest BCUT2D eigenvalue weighted by Crippen LogP contribution is -2.48. The number of likely N-dealkylation sites (tertiary alicyclic amines) is 1. The summed E-state index contributed by atoms with van der Waals surface area (Å²) in [5.41, 5.74) is 1.35. The zero-order valence-electron chi connectivity index (χ0n) is 13.5. The van der Waals surface area contributed by atoms with Crippen molar-refractivity contribution in [3.8, 4) is 0 Å². The van der Waals surface area contributed by atoms with Gasteiger partial charge >= 0.3 is 11.8 Å². The number of carbonyl (C=O) groups is 2. The van der Waals surface area contributed by atoms with Gasteiger partial charge in [0.2, 0.25) is 0 Å². The van der Waals surface area contributed by atoms with Gasteiger partial charge in [-0.3, -0.25) is 9.59 Å². The van der Waals surface area contributed by atoms with E-state index in [0.29, 0.717) is 19.0 Å². The molecule has 1 aliphatic heterocycles. The van der Waals surface area contributed by atoms with Crippen molar-refractivity contribution in [1.29, 1.82) is 0 Å². The van der Waals surface area contributed by atoms with Gasteiger partial charge in [0.15, 0.2) is 0 Å². The summed E-state index contributed by atoms with van der Waals surface area (Å²) in [5.74, 6) is -0.238. The molecule has 1 fully saturated rings. The van der Waals surface area contributed by atoms with Crippen molar-refractivity contribution >= 4 is 11.8 Å². The molecule has 0 aliphatic carbocycles. The zero-order valence-corrected chi connectivity index (χ0v) is 13.5. The summed E-state index contributed by atoms with van der Waals surface area (Å²) in [6, 6.07) is 10.5. The molecule has 1 aromatic rings. The lowest BCUT2D eigenvalue weighted by Gasteiger charge is -2.31. The van der Waals surface area contributed by atoms with E-state index in [0.717, 1.165) is 25.7 Å². The highest BCUT2D eigenvalue weighted by atomic mass is 16.2. The third-order valence-electron chi connectivity index (χ3n) is 4.45. The summed E-state index contributed by atoms with van der Waals surface area (Å²) in [5, 5.41) is 2.75. The minimum atomic E-state index is -0.462. The van der Waals surface area contributed by atoms with Gasteiger partial charge in [0.1, 0.15) is 0 Å². The van der Waals surface area contributed by atoms with Gasteiger partial charge in [-0.15, -0.1) is 0 Å². The minimum absolute atomic E-state index is 0.0482. The number of nitrogens with one attached hydrogen (secondary N) is 1. The van der Waals surface area contributed by atoms with Crippen LogP contribution in [0.5, 0.6) is 0 Å². The van der Waals surface area contributed by atoms with Crippen LogP contribution in [0.2, 0.25) is 0 Å². The largest absolute Gasteiger partial charge is 0.345 e. The van der Waals surface area contributed by atoms with Crippen LogP contribution in [0.4, 0.5) is 0 Å². The highest BCUT2D eigenvalue weighted by molar-refractivity contribution is 6.35. The number of amides is 2.